The van der Waals surface area contributed by atoms with E-state index in [0.29, 0.717) is 18.6 Å². The van der Waals surface area contributed by atoms with E-state index in [4.69, 9.17) is 11.5 Å². The molecule has 0 saturated carbocycles. The van der Waals surface area contributed by atoms with E-state index in [1.165, 1.54) is 11.8 Å². The first-order chi connectivity index (χ1) is 19.1. The number of carboxylic acids is 1. The van der Waals surface area contributed by atoms with E-state index < -0.39 is 60.2 Å². The lowest BCUT2D eigenvalue weighted by Gasteiger charge is -2.23. The van der Waals surface area contributed by atoms with Crippen molar-refractivity contribution < 1.29 is 29.1 Å². The molecule has 2 rings (SSSR count). The molecule has 0 radical (unpaired) electrons. The number of nitrogens with two attached hydrogens (primary N) is 2. The van der Waals surface area contributed by atoms with Crippen molar-refractivity contribution in [2.24, 2.45) is 11.5 Å². The molecule has 0 fully saturated rings. The van der Waals surface area contributed by atoms with Crippen LogP contribution in [0.5, 0.6) is 0 Å². The summed E-state index contributed by atoms with van der Waals surface area (Å²) in [7, 11) is 0. The van der Waals surface area contributed by atoms with E-state index in [-0.39, 0.29) is 12.8 Å². The molecular weight excluding hydrogens is 536 g/mol. The second-order valence-corrected chi connectivity index (χ2v) is 10.6. The highest BCUT2D eigenvalue weighted by Crippen LogP contribution is 2.19. The zero-order valence-corrected chi connectivity index (χ0v) is 23.7. The molecule has 4 atom stereocenters. The standard InChI is InChI=1S/C27H40N6O6S/c1-3-4-5-9-18(28)24(36)33-27(39)22(14-23(34)35)32-26(38)21(11-12-40-2)31-25(37)19(29)13-16-15-30-20-10-7-6-8-17(16)20/h6-8,10,15,18-19,21-22,30H,3-5,9,11-14,28-29H2,1-2H3,(H,31,37)(H,32,38)(H,34,35)(H,33,36,39)/t18?,19-,21-,22-/m0/s1. The summed E-state index contributed by atoms with van der Waals surface area (Å²) in [5.41, 5.74) is 13.8. The normalized spacial score (nSPS) is 14.1. The van der Waals surface area contributed by atoms with Gasteiger partial charge in [0.2, 0.25) is 23.6 Å². The summed E-state index contributed by atoms with van der Waals surface area (Å²) in [6.07, 6.45) is 6.15. The Labute approximate surface area is 237 Å². The molecule has 1 heterocycles. The fourth-order valence-electron chi connectivity index (χ4n) is 4.12. The van der Waals surface area contributed by atoms with Crippen LogP contribution in [-0.2, 0) is 30.4 Å². The number of carbonyl (C=O) groups excluding carboxylic acids is 4. The van der Waals surface area contributed by atoms with Crippen LogP contribution in [0.25, 0.3) is 10.9 Å². The van der Waals surface area contributed by atoms with Crippen molar-refractivity contribution in [1.29, 1.82) is 0 Å². The first kappa shape index (κ1) is 32.8. The fraction of sp³-hybridized carbons (Fsp3) is 0.519. The zero-order valence-electron chi connectivity index (χ0n) is 22.9. The Hall–Kier alpha value is -3.42. The van der Waals surface area contributed by atoms with Crippen LogP contribution in [0.4, 0.5) is 0 Å². The summed E-state index contributed by atoms with van der Waals surface area (Å²) in [5.74, 6) is -3.93. The number of unbranched alkanes of at least 4 members (excludes halogenated alkanes) is 2. The molecule has 4 amide bonds. The third-order valence-corrected chi connectivity index (χ3v) is 7.05. The molecule has 0 aliphatic heterocycles. The van der Waals surface area contributed by atoms with E-state index >= 15 is 0 Å². The van der Waals surface area contributed by atoms with Gasteiger partial charge in [0.25, 0.3) is 0 Å². The summed E-state index contributed by atoms with van der Waals surface area (Å²) in [4.78, 5) is 65.7. The van der Waals surface area contributed by atoms with Crippen molar-refractivity contribution in [3.05, 3.63) is 36.0 Å². The molecule has 0 spiro atoms. The third-order valence-electron chi connectivity index (χ3n) is 6.41. The molecule has 0 bridgehead atoms. The molecule has 2 aromatic rings. The van der Waals surface area contributed by atoms with Gasteiger partial charge >= 0.3 is 5.97 Å². The summed E-state index contributed by atoms with van der Waals surface area (Å²) in [6, 6.07) is 3.06. The Kier molecular flexibility index (Phi) is 13.6. The van der Waals surface area contributed by atoms with Crippen LogP contribution in [0, 0.1) is 0 Å². The lowest BCUT2D eigenvalue weighted by Crippen LogP contribution is -2.57. The average molecular weight is 577 g/mol. The highest BCUT2D eigenvalue weighted by molar-refractivity contribution is 7.98. The minimum atomic E-state index is -1.55. The van der Waals surface area contributed by atoms with Crippen LogP contribution in [0.2, 0.25) is 0 Å². The van der Waals surface area contributed by atoms with E-state index in [1.807, 2.05) is 37.4 Å². The lowest BCUT2D eigenvalue weighted by atomic mass is 10.0. The minimum absolute atomic E-state index is 0.210. The van der Waals surface area contributed by atoms with Gasteiger partial charge in [-0.05, 0) is 42.9 Å². The zero-order chi connectivity index (χ0) is 29.7. The van der Waals surface area contributed by atoms with E-state index in [2.05, 4.69) is 20.9 Å². The number of carboxylic acid groups (broad SMARTS) is 1. The lowest BCUT2D eigenvalue weighted by molar-refractivity contribution is -0.142. The smallest absolute Gasteiger partial charge is 0.305 e. The number of thioether (sulfide) groups is 1. The maximum absolute atomic E-state index is 13.1. The molecule has 220 valence electrons. The molecule has 12 nitrogen and oxygen atoms in total. The maximum atomic E-state index is 13.1. The minimum Gasteiger partial charge on any atom is -0.481 e. The van der Waals surface area contributed by atoms with Gasteiger partial charge < -0.3 is 32.2 Å². The second kappa shape index (κ2) is 16.6. The van der Waals surface area contributed by atoms with Gasteiger partial charge in [-0.2, -0.15) is 11.8 Å². The molecule has 0 aliphatic carbocycles. The SMILES string of the molecule is CCCCCC(N)C(=O)NC(=O)[C@H](CC(=O)O)NC(=O)[C@H](CCSC)NC(=O)[C@@H](N)Cc1c[nH]c2ccccc12. The monoisotopic (exact) mass is 576 g/mol. The van der Waals surface area contributed by atoms with Crippen LogP contribution in [0.3, 0.4) is 0 Å². The van der Waals surface area contributed by atoms with Gasteiger partial charge in [0.1, 0.15) is 12.1 Å². The molecule has 1 aromatic carbocycles. The van der Waals surface area contributed by atoms with Gasteiger partial charge in [0.05, 0.1) is 18.5 Å². The summed E-state index contributed by atoms with van der Waals surface area (Å²) in [6.45, 7) is 2.00. The van der Waals surface area contributed by atoms with Crippen LogP contribution >= 0.6 is 11.8 Å². The van der Waals surface area contributed by atoms with Gasteiger partial charge in [-0.3, -0.25) is 29.3 Å². The van der Waals surface area contributed by atoms with Gasteiger partial charge in [-0.25, -0.2) is 0 Å². The van der Waals surface area contributed by atoms with Crippen LogP contribution in [0.1, 0.15) is 51.0 Å². The number of rotatable bonds is 17. The number of H-pyrrole nitrogens is 1. The van der Waals surface area contributed by atoms with Crippen molar-refractivity contribution in [3.8, 4) is 0 Å². The number of imide groups is 1. The fourth-order valence-corrected chi connectivity index (χ4v) is 4.59. The molecular formula is C27H40N6O6S. The predicted octanol–water partition coefficient (Wildman–Crippen LogP) is 0.786. The van der Waals surface area contributed by atoms with Crippen LogP contribution in [-0.4, -0.2) is 75.9 Å². The van der Waals surface area contributed by atoms with Crippen LogP contribution < -0.4 is 27.4 Å². The molecule has 40 heavy (non-hydrogen) atoms. The second-order valence-electron chi connectivity index (χ2n) is 9.63. The largest absolute Gasteiger partial charge is 0.481 e. The molecule has 0 aliphatic rings. The number of nitrogens with one attached hydrogen (secondary N) is 4. The summed E-state index contributed by atoms with van der Waals surface area (Å²) < 4.78 is 0. The van der Waals surface area contributed by atoms with E-state index in [1.54, 1.807) is 6.20 Å². The first-order valence-electron chi connectivity index (χ1n) is 13.3. The van der Waals surface area contributed by atoms with E-state index in [9.17, 15) is 29.1 Å². The van der Waals surface area contributed by atoms with Gasteiger partial charge in [-0.1, -0.05) is 44.4 Å². The van der Waals surface area contributed by atoms with Crippen molar-refractivity contribution in [3.63, 3.8) is 0 Å². The Morgan fingerprint density at radius 3 is 2.30 bits per heavy atom. The molecule has 13 heteroatoms. The van der Waals surface area contributed by atoms with Crippen LogP contribution in [0.15, 0.2) is 30.5 Å². The van der Waals surface area contributed by atoms with Crippen molar-refractivity contribution in [2.45, 2.75) is 76.0 Å². The van der Waals surface area contributed by atoms with Crippen molar-refractivity contribution in [1.82, 2.24) is 20.9 Å². The van der Waals surface area contributed by atoms with Gasteiger partial charge in [0, 0.05) is 17.1 Å². The highest BCUT2D eigenvalue weighted by atomic mass is 32.2. The first-order valence-corrected chi connectivity index (χ1v) is 14.7. The van der Waals surface area contributed by atoms with Crippen molar-refractivity contribution in [2.75, 3.05) is 12.0 Å². The Balaban J connectivity index is 2.06. The summed E-state index contributed by atoms with van der Waals surface area (Å²) >= 11 is 1.44. The summed E-state index contributed by atoms with van der Waals surface area (Å²) in [5, 5.41) is 17.3. The number of fused-ring (bicyclic) bond motifs is 1. The number of aromatic amines is 1. The number of benzene rings is 1. The number of para-hydroxylation sites is 1. The van der Waals surface area contributed by atoms with Crippen molar-refractivity contribution >= 4 is 52.3 Å². The van der Waals surface area contributed by atoms with Gasteiger partial charge in [0.15, 0.2) is 0 Å². The van der Waals surface area contributed by atoms with E-state index in [0.717, 1.165) is 29.3 Å². The number of hydrogen-bond donors (Lipinski definition) is 7. The topological polar surface area (TPSA) is 210 Å². The molecule has 1 unspecified atom stereocenters. The highest BCUT2D eigenvalue weighted by Gasteiger charge is 2.31. The number of aliphatic carboxylic acids is 1. The number of aromatic nitrogens is 1. The Morgan fingerprint density at radius 1 is 0.925 bits per heavy atom. The average Bonchev–Trinajstić information content (AvgIpc) is 3.32. The third kappa shape index (κ3) is 10.3. The molecule has 9 N–H and O–H groups in total. The number of amides is 4. The Morgan fingerprint density at radius 2 is 1.62 bits per heavy atom. The van der Waals surface area contributed by atoms with Gasteiger partial charge in [-0.15, -0.1) is 0 Å². The molecule has 0 saturated heterocycles. The predicted molar refractivity (Wildman–Crippen MR) is 154 cm³/mol. The maximum Gasteiger partial charge on any atom is 0.305 e. The number of carbonyl (C=O) groups is 5. The molecule has 1 aromatic heterocycles. The number of hydrogen-bond acceptors (Lipinski definition) is 8. The Bertz CT molecular complexity index is 1170. The quantitative estimate of drug-likeness (QED) is 0.133.